The molecule has 1 N–H and O–H groups in total. The van der Waals surface area contributed by atoms with Crippen LogP contribution in [0.4, 0.5) is 16.2 Å². The number of pyridine rings is 1. The van der Waals surface area contributed by atoms with Gasteiger partial charge in [-0.3, -0.25) is 20.0 Å². The molecule has 0 spiro atoms. The van der Waals surface area contributed by atoms with Gasteiger partial charge in [-0.2, -0.15) is 0 Å². The van der Waals surface area contributed by atoms with Crippen molar-refractivity contribution >= 4 is 17.4 Å². The number of urea groups is 1. The first-order valence-corrected chi connectivity index (χ1v) is 9.50. The Kier molecular flexibility index (Phi) is 6.54. The molecule has 2 amide bonds. The number of rotatable bonds is 7. The second-order valence-corrected chi connectivity index (χ2v) is 6.89. The van der Waals surface area contributed by atoms with Gasteiger partial charge in [-0.25, -0.2) is 4.79 Å². The van der Waals surface area contributed by atoms with Crippen LogP contribution >= 0.6 is 0 Å². The van der Waals surface area contributed by atoms with Crippen molar-refractivity contribution < 1.29 is 9.72 Å². The number of nitrogens with zero attached hydrogens (tertiary/aromatic N) is 4. The molecule has 0 aliphatic carbocycles. The first kappa shape index (κ1) is 19.8. The van der Waals surface area contributed by atoms with Gasteiger partial charge in [-0.1, -0.05) is 6.92 Å². The molecular formula is C20H25N5O3. The third-order valence-electron chi connectivity index (χ3n) is 5.08. The molecule has 0 radical (unpaired) electrons. The van der Waals surface area contributed by atoms with E-state index in [1.807, 2.05) is 12.1 Å². The lowest BCUT2D eigenvalue weighted by Gasteiger charge is -2.30. The lowest BCUT2D eigenvalue weighted by atomic mass is 10.2. The van der Waals surface area contributed by atoms with Crippen molar-refractivity contribution in [2.75, 3.05) is 25.0 Å². The highest BCUT2D eigenvalue weighted by atomic mass is 16.6. The lowest BCUT2D eigenvalue weighted by Crippen LogP contribution is -2.44. The molecule has 1 aromatic carbocycles. The molecule has 1 aromatic heterocycles. The minimum Gasteiger partial charge on any atom is -0.319 e. The number of carbonyl (C=O) groups is 1. The zero-order chi connectivity index (χ0) is 19.9. The summed E-state index contributed by atoms with van der Waals surface area (Å²) in [7, 11) is 0. The van der Waals surface area contributed by atoms with E-state index in [0.717, 1.165) is 31.5 Å². The summed E-state index contributed by atoms with van der Waals surface area (Å²) in [5.41, 5.74) is 1.54. The highest BCUT2D eigenvalue weighted by Crippen LogP contribution is 2.20. The summed E-state index contributed by atoms with van der Waals surface area (Å²) in [6, 6.07) is 9.81. The monoisotopic (exact) mass is 383 g/mol. The van der Waals surface area contributed by atoms with Crippen molar-refractivity contribution in [3.8, 4) is 0 Å². The average Bonchev–Trinajstić information content (AvgIpc) is 3.16. The maximum Gasteiger partial charge on any atom is 0.322 e. The lowest BCUT2D eigenvalue weighted by molar-refractivity contribution is -0.384. The summed E-state index contributed by atoms with van der Waals surface area (Å²) < 4.78 is 0. The number of aromatic nitrogens is 1. The molecule has 0 saturated carbocycles. The maximum absolute atomic E-state index is 13.0. The van der Waals surface area contributed by atoms with Crippen LogP contribution in [0, 0.1) is 10.1 Å². The largest absolute Gasteiger partial charge is 0.322 e. The summed E-state index contributed by atoms with van der Waals surface area (Å²) in [5, 5.41) is 13.7. The van der Waals surface area contributed by atoms with Gasteiger partial charge in [0, 0.05) is 49.3 Å². The molecule has 2 aromatic rings. The van der Waals surface area contributed by atoms with Gasteiger partial charge in [-0.05, 0) is 55.8 Å². The first-order chi connectivity index (χ1) is 13.6. The Morgan fingerprint density at radius 3 is 2.64 bits per heavy atom. The van der Waals surface area contributed by atoms with Gasteiger partial charge in [0.25, 0.3) is 5.69 Å². The topological polar surface area (TPSA) is 91.6 Å². The van der Waals surface area contributed by atoms with E-state index in [9.17, 15) is 14.9 Å². The fraction of sp³-hybridized carbons (Fsp3) is 0.400. The Morgan fingerprint density at radius 1 is 1.29 bits per heavy atom. The molecule has 8 nitrogen and oxygen atoms in total. The van der Waals surface area contributed by atoms with E-state index in [1.54, 1.807) is 29.4 Å². The Balaban J connectivity index is 1.72. The van der Waals surface area contributed by atoms with Crippen molar-refractivity contribution in [1.29, 1.82) is 0 Å². The number of anilines is 1. The molecule has 148 valence electrons. The Morgan fingerprint density at radius 2 is 2.00 bits per heavy atom. The molecule has 1 atom stereocenters. The number of non-ortho nitro benzene ring substituents is 1. The normalized spacial score (nSPS) is 16.7. The predicted octanol–water partition coefficient (Wildman–Crippen LogP) is 3.51. The van der Waals surface area contributed by atoms with Gasteiger partial charge in [0.1, 0.15) is 0 Å². The minimum atomic E-state index is -0.458. The summed E-state index contributed by atoms with van der Waals surface area (Å²) >= 11 is 0. The summed E-state index contributed by atoms with van der Waals surface area (Å²) in [5.74, 6) is 0. The molecule has 1 aliphatic rings. The van der Waals surface area contributed by atoms with Crippen LogP contribution in [0.5, 0.6) is 0 Å². The van der Waals surface area contributed by atoms with Crippen molar-refractivity contribution in [2.45, 2.75) is 32.4 Å². The molecule has 3 rings (SSSR count). The molecule has 0 bridgehead atoms. The number of likely N-dealkylation sites (N-methyl/N-ethyl adjacent to an activating group) is 1. The second kappa shape index (κ2) is 9.27. The maximum atomic E-state index is 13.0. The van der Waals surface area contributed by atoms with Crippen LogP contribution in [0.3, 0.4) is 0 Å². The zero-order valence-corrected chi connectivity index (χ0v) is 16.0. The van der Waals surface area contributed by atoms with Gasteiger partial charge >= 0.3 is 6.03 Å². The zero-order valence-electron chi connectivity index (χ0n) is 16.0. The van der Waals surface area contributed by atoms with E-state index >= 15 is 0 Å². The molecule has 2 heterocycles. The fourth-order valence-electron chi connectivity index (χ4n) is 3.57. The molecule has 1 saturated heterocycles. The molecule has 1 fully saturated rings. The SMILES string of the molecule is CCN1CCC[C@@H]1CN(Cc1ccncc1)C(=O)Nc1ccc([N+](=O)[O-])cc1. The number of hydrogen-bond donors (Lipinski definition) is 1. The Bertz CT molecular complexity index is 797. The van der Waals surface area contributed by atoms with Crippen LogP contribution in [0.1, 0.15) is 25.3 Å². The number of nitrogens with one attached hydrogen (secondary N) is 1. The number of likely N-dealkylation sites (tertiary alicyclic amines) is 1. The van der Waals surface area contributed by atoms with Gasteiger partial charge in [0.2, 0.25) is 0 Å². The third-order valence-corrected chi connectivity index (χ3v) is 5.08. The van der Waals surface area contributed by atoms with Crippen molar-refractivity contribution in [1.82, 2.24) is 14.8 Å². The van der Waals surface area contributed by atoms with Crippen molar-refractivity contribution in [3.63, 3.8) is 0 Å². The number of nitro benzene ring substituents is 1. The minimum absolute atomic E-state index is 0.00353. The van der Waals surface area contributed by atoms with Crippen LogP contribution in [-0.2, 0) is 6.54 Å². The van der Waals surface area contributed by atoms with Crippen LogP contribution in [-0.4, -0.2) is 51.4 Å². The van der Waals surface area contributed by atoms with Crippen LogP contribution in [0.25, 0.3) is 0 Å². The van der Waals surface area contributed by atoms with E-state index < -0.39 is 4.92 Å². The van der Waals surface area contributed by atoms with E-state index in [4.69, 9.17) is 0 Å². The average molecular weight is 383 g/mol. The number of amides is 2. The molecular weight excluding hydrogens is 358 g/mol. The molecule has 1 aliphatic heterocycles. The van der Waals surface area contributed by atoms with E-state index in [0.29, 0.717) is 24.8 Å². The number of nitro groups is 1. The quantitative estimate of drug-likeness (QED) is 0.583. The van der Waals surface area contributed by atoms with Gasteiger partial charge in [-0.15, -0.1) is 0 Å². The Hall–Kier alpha value is -3.00. The number of benzene rings is 1. The predicted molar refractivity (Wildman–Crippen MR) is 107 cm³/mol. The second-order valence-electron chi connectivity index (χ2n) is 6.89. The molecule has 8 heteroatoms. The standard InChI is InChI=1S/C20H25N5O3/c1-2-23-13-3-4-19(23)15-24(14-16-9-11-21-12-10-16)20(26)22-17-5-7-18(8-6-17)25(27)28/h5-12,19H,2-4,13-15H2,1H3,(H,22,26)/t19-/m1/s1. The fourth-order valence-corrected chi connectivity index (χ4v) is 3.57. The third kappa shape index (κ3) is 5.04. The first-order valence-electron chi connectivity index (χ1n) is 9.50. The number of hydrogen-bond acceptors (Lipinski definition) is 5. The molecule has 28 heavy (non-hydrogen) atoms. The Labute approximate surface area is 164 Å². The van der Waals surface area contributed by atoms with E-state index in [1.165, 1.54) is 12.1 Å². The van der Waals surface area contributed by atoms with Crippen molar-refractivity contribution in [2.24, 2.45) is 0 Å². The highest BCUT2D eigenvalue weighted by Gasteiger charge is 2.27. The summed E-state index contributed by atoms with van der Waals surface area (Å²) in [4.78, 5) is 31.5. The van der Waals surface area contributed by atoms with Gasteiger partial charge in [0.05, 0.1) is 4.92 Å². The van der Waals surface area contributed by atoms with Crippen LogP contribution < -0.4 is 5.32 Å². The van der Waals surface area contributed by atoms with Crippen molar-refractivity contribution in [3.05, 3.63) is 64.5 Å². The summed E-state index contributed by atoms with van der Waals surface area (Å²) in [6.07, 6.45) is 5.66. The van der Waals surface area contributed by atoms with Gasteiger partial charge in [0.15, 0.2) is 0 Å². The van der Waals surface area contributed by atoms with Crippen LogP contribution in [0.15, 0.2) is 48.8 Å². The van der Waals surface area contributed by atoms with E-state index in [2.05, 4.69) is 22.1 Å². The number of carbonyl (C=O) groups excluding carboxylic acids is 1. The summed E-state index contributed by atoms with van der Waals surface area (Å²) in [6.45, 7) is 5.29. The highest BCUT2D eigenvalue weighted by molar-refractivity contribution is 5.89. The van der Waals surface area contributed by atoms with Crippen LogP contribution in [0.2, 0.25) is 0 Å². The van der Waals surface area contributed by atoms with Gasteiger partial charge < -0.3 is 10.2 Å². The molecule has 0 unspecified atom stereocenters. The smallest absolute Gasteiger partial charge is 0.319 e. The van der Waals surface area contributed by atoms with E-state index in [-0.39, 0.29) is 11.7 Å².